The number of aromatic nitrogens is 2. The third-order valence-electron chi connectivity index (χ3n) is 4.96. The first kappa shape index (κ1) is 20.3. The Bertz CT molecular complexity index is 898. The monoisotopic (exact) mass is 396 g/mol. The molecule has 3 rings (SSSR count). The molecule has 0 saturated heterocycles. The SMILES string of the molecule is CCCCCCCCc1ccc(OC)c(-c2csc(-n3cccc3C=O)n2)c1. The Kier molecular flexibility index (Phi) is 7.43. The predicted octanol–water partition coefficient (Wildman–Crippen LogP) is 6.32. The fourth-order valence-electron chi connectivity index (χ4n) is 3.38. The van der Waals surface area contributed by atoms with Gasteiger partial charge in [0.15, 0.2) is 11.4 Å². The van der Waals surface area contributed by atoms with Crippen LogP contribution in [0.25, 0.3) is 16.4 Å². The number of ether oxygens (including phenoxy) is 1. The van der Waals surface area contributed by atoms with E-state index in [0.717, 1.165) is 34.8 Å². The maximum Gasteiger partial charge on any atom is 0.194 e. The Morgan fingerprint density at radius 2 is 1.96 bits per heavy atom. The zero-order valence-corrected chi connectivity index (χ0v) is 17.5. The molecular formula is C23H28N2O2S. The number of hydrogen-bond acceptors (Lipinski definition) is 4. The summed E-state index contributed by atoms with van der Waals surface area (Å²) in [6.07, 6.45) is 11.6. The van der Waals surface area contributed by atoms with Gasteiger partial charge in [0.2, 0.25) is 0 Å². The van der Waals surface area contributed by atoms with Crippen molar-refractivity contribution < 1.29 is 9.53 Å². The van der Waals surface area contributed by atoms with Crippen molar-refractivity contribution in [3.05, 3.63) is 53.2 Å². The quantitative estimate of drug-likeness (QED) is 0.281. The zero-order chi connectivity index (χ0) is 19.8. The molecule has 0 aliphatic rings. The number of hydrogen-bond donors (Lipinski definition) is 0. The minimum Gasteiger partial charge on any atom is -0.496 e. The van der Waals surface area contributed by atoms with Gasteiger partial charge in [-0.2, -0.15) is 0 Å². The summed E-state index contributed by atoms with van der Waals surface area (Å²) in [5.41, 5.74) is 3.81. The highest BCUT2D eigenvalue weighted by Gasteiger charge is 2.13. The molecule has 0 atom stereocenters. The molecule has 0 aliphatic heterocycles. The molecule has 3 aromatic rings. The van der Waals surface area contributed by atoms with E-state index in [9.17, 15) is 4.79 Å². The molecule has 0 spiro atoms. The number of thiazole rings is 1. The van der Waals surface area contributed by atoms with Crippen molar-refractivity contribution in [2.24, 2.45) is 0 Å². The highest BCUT2D eigenvalue weighted by atomic mass is 32.1. The summed E-state index contributed by atoms with van der Waals surface area (Å²) in [5.74, 6) is 0.826. The number of unbranched alkanes of at least 4 members (excludes halogenated alkanes) is 5. The molecule has 0 fully saturated rings. The Hall–Kier alpha value is -2.40. The van der Waals surface area contributed by atoms with Crippen LogP contribution in [0.2, 0.25) is 0 Å². The van der Waals surface area contributed by atoms with E-state index in [1.807, 2.05) is 28.3 Å². The second-order valence-corrected chi connectivity index (χ2v) is 7.83. The molecule has 2 aromatic heterocycles. The van der Waals surface area contributed by atoms with Crippen LogP contribution in [-0.2, 0) is 6.42 Å². The van der Waals surface area contributed by atoms with Crippen LogP contribution in [0.4, 0.5) is 0 Å². The average Bonchev–Trinajstić information content (AvgIpc) is 3.39. The number of methoxy groups -OCH3 is 1. The van der Waals surface area contributed by atoms with Gasteiger partial charge in [-0.15, -0.1) is 11.3 Å². The highest BCUT2D eigenvalue weighted by Crippen LogP contribution is 2.33. The van der Waals surface area contributed by atoms with Crippen molar-refractivity contribution >= 4 is 17.6 Å². The van der Waals surface area contributed by atoms with Crippen LogP contribution in [0.5, 0.6) is 5.75 Å². The average molecular weight is 397 g/mol. The van der Waals surface area contributed by atoms with Gasteiger partial charge in [-0.05, 0) is 42.7 Å². The van der Waals surface area contributed by atoms with Crippen LogP contribution in [0, 0.1) is 0 Å². The summed E-state index contributed by atoms with van der Waals surface area (Å²) < 4.78 is 7.38. The second-order valence-electron chi connectivity index (χ2n) is 6.99. The molecule has 28 heavy (non-hydrogen) atoms. The Morgan fingerprint density at radius 1 is 1.14 bits per heavy atom. The first-order valence-corrected chi connectivity index (χ1v) is 10.9. The van der Waals surface area contributed by atoms with Crippen LogP contribution >= 0.6 is 11.3 Å². The number of rotatable bonds is 11. The van der Waals surface area contributed by atoms with Crippen LogP contribution < -0.4 is 4.74 Å². The molecule has 4 nitrogen and oxygen atoms in total. The van der Waals surface area contributed by atoms with Crippen molar-refractivity contribution in [2.75, 3.05) is 7.11 Å². The van der Waals surface area contributed by atoms with Crippen molar-refractivity contribution in [2.45, 2.75) is 51.9 Å². The molecule has 0 N–H and O–H groups in total. The van der Waals surface area contributed by atoms with Crippen molar-refractivity contribution in [3.8, 4) is 22.1 Å². The van der Waals surface area contributed by atoms with E-state index in [2.05, 4.69) is 19.1 Å². The molecule has 1 aromatic carbocycles. The fourth-order valence-corrected chi connectivity index (χ4v) is 4.21. The smallest absolute Gasteiger partial charge is 0.194 e. The molecule has 0 aliphatic carbocycles. The van der Waals surface area contributed by atoms with Crippen molar-refractivity contribution in [1.82, 2.24) is 9.55 Å². The number of aldehydes is 1. The van der Waals surface area contributed by atoms with Gasteiger partial charge in [0.1, 0.15) is 5.75 Å². The number of aryl methyl sites for hydroxylation is 1. The van der Waals surface area contributed by atoms with Gasteiger partial charge < -0.3 is 4.74 Å². The van der Waals surface area contributed by atoms with Gasteiger partial charge in [0, 0.05) is 17.1 Å². The summed E-state index contributed by atoms with van der Waals surface area (Å²) in [5, 5.41) is 2.81. The number of nitrogens with zero attached hydrogens (tertiary/aromatic N) is 2. The van der Waals surface area contributed by atoms with E-state index < -0.39 is 0 Å². The Balaban J connectivity index is 1.75. The third-order valence-corrected chi connectivity index (χ3v) is 5.80. The lowest BCUT2D eigenvalue weighted by molar-refractivity contribution is 0.111. The molecule has 0 unspecified atom stereocenters. The summed E-state index contributed by atoms with van der Waals surface area (Å²) in [4.78, 5) is 16.0. The molecular weight excluding hydrogens is 368 g/mol. The molecule has 2 heterocycles. The Labute approximate surface area is 171 Å². The van der Waals surface area contributed by atoms with Gasteiger partial charge >= 0.3 is 0 Å². The van der Waals surface area contributed by atoms with Crippen LogP contribution in [0.1, 0.15) is 61.5 Å². The minimum atomic E-state index is 0.602. The van der Waals surface area contributed by atoms with Crippen LogP contribution in [0.15, 0.2) is 41.9 Å². The van der Waals surface area contributed by atoms with Gasteiger partial charge in [0.25, 0.3) is 0 Å². The summed E-state index contributed by atoms with van der Waals surface area (Å²) in [6.45, 7) is 2.25. The van der Waals surface area contributed by atoms with Gasteiger partial charge in [-0.3, -0.25) is 9.36 Å². The van der Waals surface area contributed by atoms with Crippen molar-refractivity contribution in [1.29, 1.82) is 0 Å². The van der Waals surface area contributed by atoms with Gasteiger partial charge in [-0.1, -0.05) is 45.1 Å². The second kappa shape index (κ2) is 10.2. The normalized spacial score (nSPS) is 10.9. The molecule has 0 amide bonds. The zero-order valence-electron chi connectivity index (χ0n) is 16.7. The van der Waals surface area contributed by atoms with E-state index in [0.29, 0.717) is 5.69 Å². The van der Waals surface area contributed by atoms with E-state index in [4.69, 9.17) is 9.72 Å². The third kappa shape index (κ3) is 4.90. The topological polar surface area (TPSA) is 44.1 Å². The molecule has 0 bridgehead atoms. The summed E-state index contributed by atoms with van der Waals surface area (Å²) in [6, 6.07) is 10.0. The molecule has 0 saturated carbocycles. The van der Waals surface area contributed by atoms with E-state index in [1.54, 1.807) is 13.2 Å². The van der Waals surface area contributed by atoms with E-state index in [1.165, 1.54) is 55.4 Å². The van der Waals surface area contributed by atoms with Gasteiger partial charge in [-0.25, -0.2) is 4.98 Å². The lowest BCUT2D eigenvalue weighted by Crippen LogP contribution is -1.97. The first-order chi connectivity index (χ1) is 13.8. The molecule has 5 heteroatoms. The van der Waals surface area contributed by atoms with E-state index >= 15 is 0 Å². The predicted molar refractivity (Wildman–Crippen MR) is 116 cm³/mol. The maximum absolute atomic E-state index is 11.2. The standard InChI is InChI=1S/C23H28N2O2S/c1-3-4-5-6-7-8-10-18-12-13-22(27-2)20(15-18)21-17-28-23(24-21)25-14-9-11-19(25)16-26/h9,11-17H,3-8,10H2,1-2H3. The van der Waals surface area contributed by atoms with Crippen LogP contribution in [0.3, 0.4) is 0 Å². The summed E-state index contributed by atoms with van der Waals surface area (Å²) in [7, 11) is 1.69. The number of benzene rings is 1. The molecule has 0 radical (unpaired) electrons. The van der Waals surface area contributed by atoms with Crippen LogP contribution in [-0.4, -0.2) is 22.9 Å². The van der Waals surface area contributed by atoms with E-state index in [-0.39, 0.29) is 0 Å². The lowest BCUT2D eigenvalue weighted by Gasteiger charge is -2.09. The maximum atomic E-state index is 11.2. The minimum absolute atomic E-state index is 0.602. The number of carbonyl (C=O) groups is 1. The lowest BCUT2D eigenvalue weighted by atomic mass is 10.0. The molecule has 148 valence electrons. The van der Waals surface area contributed by atoms with Crippen molar-refractivity contribution in [3.63, 3.8) is 0 Å². The summed E-state index contributed by atoms with van der Waals surface area (Å²) >= 11 is 1.52. The van der Waals surface area contributed by atoms with Gasteiger partial charge in [0.05, 0.1) is 18.5 Å². The highest BCUT2D eigenvalue weighted by molar-refractivity contribution is 7.12. The number of carbonyl (C=O) groups excluding carboxylic acids is 1. The Morgan fingerprint density at radius 3 is 2.75 bits per heavy atom. The fraction of sp³-hybridized carbons (Fsp3) is 0.391. The largest absolute Gasteiger partial charge is 0.496 e. The first-order valence-electron chi connectivity index (χ1n) is 10.0.